The number of thiazole rings is 1. The van der Waals surface area contributed by atoms with Gasteiger partial charge in [-0.1, -0.05) is 12.8 Å². The molecule has 72 valence electrons. The Morgan fingerprint density at radius 2 is 2.23 bits per heavy atom. The molecule has 0 saturated heterocycles. The summed E-state index contributed by atoms with van der Waals surface area (Å²) in [6.07, 6.45) is 4.30. The largest absolute Gasteiger partial charge is 0.392 e. The summed E-state index contributed by atoms with van der Waals surface area (Å²) < 4.78 is 0. The number of aliphatic hydroxyl groups excluding tert-OH is 1. The minimum absolute atomic E-state index is 0.153. The molecule has 1 aromatic heterocycles. The molecule has 1 aromatic rings. The zero-order chi connectivity index (χ0) is 9.26. The fourth-order valence-electron chi connectivity index (χ4n) is 1.94. The van der Waals surface area contributed by atoms with Crippen molar-refractivity contribution >= 4 is 11.3 Å². The summed E-state index contributed by atoms with van der Waals surface area (Å²) >= 11 is 1.69. The fraction of sp³-hybridized carbons (Fsp3) is 0.700. The number of hydrogen-bond acceptors (Lipinski definition) is 3. The quantitative estimate of drug-likeness (QED) is 0.750. The van der Waals surface area contributed by atoms with Crippen LogP contribution >= 0.6 is 11.3 Å². The van der Waals surface area contributed by atoms with Crippen molar-refractivity contribution in [2.75, 3.05) is 0 Å². The molecule has 3 heteroatoms. The van der Waals surface area contributed by atoms with Crippen LogP contribution in [0.4, 0.5) is 0 Å². The van der Waals surface area contributed by atoms with E-state index < -0.39 is 0 Å². The van der Waals surface area contributed by atoms with Crippen molar-refractivity contribution in [2.24, 2.45) is 0 Å². The van der Waals surface area contributed by atoms with Gasteiger partial charge >= 0.3 is 0 Å². The fourth-order valence-corrected chi connectivity index (χ4v) is 2.93. The van der Waals surface area contributed by atoms with Crippen molar-refractivity contribution in [3.8, 4) is 0 Å². The molecule has 0 aliphatic heterocycles. The van der Waals surface area contributed by atoms with Crippen molar-refractivity contribution < 1.29 is 5.11 Å². The predicted octanol–water partition coefficient (Wildman–Crippen LogP) is 2.47. The normalized spacial score (nSPS) is 29.1. The molecular formula is C10H15NOS. The van der Waals surface area contributed by atoms with Crippen LogP contribution in [-0.4, -0.2) is 16.2 Å². The molecular weight excluding hydrogens is 182 g/mol. The molecule has 1 N–H and O–H groups in total. The maximum absolute atomic E-state index is 9.80. The highest BCUT2D eigenvalue weighted by Crippen LogP contribution is 2.34. The number of hydrogen-bond donors (Lipinski definition) is 1. The van der Waals surface area contributed by atoms with Crippen LogP contribution in [0.3, 0.4) is 0 Å². The van der Waals surface area contributed by atoms with Crippen molar-refractivity contribution in [3.63, 3.8) is 0 Å². The molecule has 0 unspecified atom stereocenters. The number of rotatable bonds is 1. The number of nitrogens with zero attached hydrogens (tertiary/aromatic N) is 1. The van der Waals surface area contributed by atoms with Crippen LogP contribution in [-0.2, 0) is 0 Å². The lowest BCUT2D eigenvalue weighted by atomic mass is 9.87. The summed E-state index contributed by atoms with van der Waals surface area (Å²) in [5.74, 6) is 0.312. The Balaban J connectivity index is 2.14. The minimum atomic E-state index is -0.153. The molecule has 1 saturated carbocycles. The SMILES string of the molecule is Cc1csc([C@@H]2CCCC[C@H]2O)n1. The zero-order valence-corrected chi connectivity index (χ0v) is 8.68. The Morgan fingerprint density at radius 1 is 1.46 bits per heavy atom. The molecule has 1 heterocycles. The summed E-state index contributed by atoms with van der Waals surface area (Å²) in [7, 11) is 0. The molecule has 0 aromatic carbocycles. The molecule has 0 bridgehead atoms. The molecule has 1 aliphatic carbocycles. The van der Waals surface area contributed by atoms with E-state index in [1.54, 1.807) is 11.3 Å². The Hall–Kier alpha value is -0.410. The topological polar surface area (TPSA) is 33.1 Å². The first kappa shape index (κ1) is 9.16. The van der Waals surface area contributed by atoms with E-state index in [1.807, 2.05) is 6.92 Å². The van der Waals surface area contributed by atoms with Gasteiger partial charge in [-0.05, 0) is 19.8 Å². The average Bonchev–Trinajstić information content (AvgIpc) is 2.53. The Morgan fingerprint density at radius 3 is 2.85 bits per heavy atom. The third-order valence-corrected chi connectivity index (χ3v) is 3.78. The van der Waals surface area contributed by atoms with Gasteiger partial charge in [0.05, 0.1) is 11.1 Å². The second kappa shape index (κ2) is 3.76. The van der Waals surface area contributed by atoms with Gasteiger partial charge in [0.1, 0.15) is 0 Å². The predicted molar refractivity (Wildman–Crippen MR) is 54.1 cm³/mol. The highest BCUT2D eigenvalue weighted by Gasteiger charge is 2.26. The minimum Gasteiger partial charge on any atom is -0.392 e. The molecule has 2 nitrogen and oxygen atoms in total. The second-order valence-electron chi connectivity index (χ2n) is 3.79. The van der Waals surface area contributed by atoms with Gasteiger partial charge in [0.2, 0.25) is 0 Å². The monoisotopic (exact) mass is 197 g/mol. The van der Waals surface area contributed by atoms with E-state index in [1.165, 1.54) is 12.8 Å². The van der Waals surface area contributed by atoms with E-state index in [0.29, 0.717) is 5.92 Å². The lowest BCUT2D eigenvalue weighted by Gasteiger charge is -2.25. The summed E-state index contributed by atoms with van der Waals surface area (Å²) in [6.45, 7) is 2.01. The van der Waals surface area contributed by atoms with Crippen LogP contribution in [0.1, 0.15) is 42.3 Å². The van der Waals surface area contributed by atoms with Gasteiger partial charge in [0.25, 0.3) is 0 Å². The number of aromatic nitrogens is 1. The van der Waals surface area contributed by atoms with E-state index in [0.717, 1.165) is 23.5 Å². The smallest absolute Gasteiger partial charge is 0.0985 e. The summed E-state index contributed by atoms with van der Waals surface area (Å²) in [4.78, 5) is 4.44. The van der Waals surface area contributed by atoms with Crippen LogP contribution in [0.15, 0.2) is 5.38 Å². The third-order valence-electron chi connectivity index (χ3n) is 2.68. The first-order valence-corrected chi connectivity index (χ1v) is 5.75. The molecule has 2 atom stereocenters. The first-order chi connectivity index (χ1) is 6.27. The average molecular weight is 197 g/mol. The van der Waals surface area contributed by atoms with Crippen LogP contribution in [0.2, 0.25) is 0 Å². The number of aliphatic hydroxyl groups is 1. The number of aryl methyl sites for hydroxylation is 1. The molecule has 0 amide bonds. The standard InChI is InChI=1S/C10H15NOS/c1-7-6-13-10(11-7)8-4-2-3-5-9(8)12/h6,8-9,12H,2-5H2,1H3/t8-,9-/m1/s1. The van der Waals surface area contributed by atoms with Crippen LogP contribution in [0.5, 0.6) is 0 Å². The van der Waals surface area contributed by atoms with Gasteiger partial charge in [-0.3, -0.25) is 0 Å². The highest BCUT2D eigenvalue weighted by atomic mass is 32.1. The molecule has 1 fully saturated rings. The second-order valence-corrected chi connectivity index (χ2v) is 4.68. The van der Waals surface area contributed by atoms with Gasteiger partial charge in [-0.15, -0.1) is 11.3 Å². The van der Waals surface area contributed by atoms with Crippen LogP contribution in [0.25, 0.3) is 0 Å². The first-order valence-electron chi connectivity index (χ1n) is 4.87. The van der Waals surface area contributed by atoms with Gasteiger partial charge in [-0.2, -0.15) is 0 Å². The summed E-state index contributed by atoms with van der Waals surface area (Å²) in [5.41, 5.74) is 1.08. The molecule has 1 aliphatic rings. The zero-order valence-electron chi connectivity index (χ0n) is 7.86. The maximum atomic E-state index is 9.80. The van der Waals surface area contributed by atoms with Crippen molar-refractivity contribution in [2.45, 2.75) is 44.6 Å². The summed E-state index contributed by atoms with van der Waals surface area (Å²) in [5, 5.41) is 13.0. The van der Waals surface area contributed by atoms with Crippen molar-refractivity contribution in [1.82, 2.24) is 4.98 Å². The van der Waals surface area contributed by atoms with E-state index in [9.17, 15) is 5.11 Å². The van der Waals surface area contributed by atoms with E-state index in [-0.39, 0.29) is 6.10 Å². The van der Waals surface area contributed by atoms with Gasteiger partial charge in [0.15, 0.2) is 0 Å². The third kappa shape index (κ3) is 1.92. The van der Waals surface area contributed by atoms with Crippen molar-refractivity contribution in [1.29, 1.82) is 0 Å². The van der Waals surface area contributed by atoms with E-state index >= 15 is 0 Å². The van der Waals surface area contributed by atoms with Crippen LogP contribution in [0, 0.1) is 6.92 Å². The molecule has 0 radical (unpaired) electrons. The molecule has 13 heavy (non-hydrogen) atoms. The molecule has 2 rings (SSSR count). The van der Waals surface area contributed by atoms with E-state index in [2.05, 4.69) is 10.4 Å². The lowest BCUT2D eigenvalue weighted by molar-refractivity contribution is 0.106. The Kier molecular flexibility index (Phi) is 2.65. The van der Waals surface area contributed by atoms with E-state index in [4.69, 9.17) is 0 Å². The van der Waals surface area contributed by atoms with Crippen LogP contribution < -0.4 is 0 Å². The molecule has 0 spiro atoms. The lowest BCUT2D eigenvalue weighted by Crippen LogP contribution is -2.22. The highest BCUT2D eigenvalue weighted by molar-refractivity contribution is 7.09. The van der Waals surface area contributed by atoms with Crippen molar-refractivity contribution in [3.05, 3.63) is 16.1 Å². The van der Waals surface area contributed by atoms with Gasteiger partial charge in [-0.25, -0.2) is 4.98 Å². The Bertz CT molecular complexity index is 284. The van der Waals surface area contributed by atoms with Gasteiger partial charge in [0, 0.05) is 17.0 Å². The Labute approximate surface area is 82.6 Å². The maximum Gasteiger partial charge on any atom is 0.0985 e. The summed E-state index contributed by atoms with van der Waals surface area (Å²) in [6, 6.07) is 0. The van der Waals surface area contributed by atoms with Gasteiger partial charge < -0.3 is 5.11 Å².